The Hall–Kier alpha value is -3.37. The molecule has 7 heteroatoms. The van der Waals surface area contributed by atoms with Crippen LogP contribution in [0.4, 0.5) is 11.4 Å². The van der Waals surface area contributed by atoms with E-state index in [1.54, 1.807) is 19.2 Å². The number of carbonyl (C=O) groups is 2. The first-order chi connectivity index (χ1) is 18.3. The van der Waals surface area contributed by atoms with Crippen molar-refractivity contribution >= 4 is 28.8 Å². The minimum Gasteiger partial charge on any atom is -0.368 e. The molecule has 4 rings (SSSR count). The van der Waals surface area contributed by atoms with Gasteiger partial charge in [-0.15, -0.1) is 0 Å². The van der Waals surface area contributed by atoms with Crippen molar-refractivity contribution in [3.8, 4) is 0 Å². The van der Waals surface area contributed by atoms with Crippen LogP contribution in [0.15, 0.2) is 36.5 Å². The highest BCUT2D eigenvalue weighted by Crippen LogP contribution is 2.46. The second-order valence-corrected chi connectivity index (χ2v) is 11.1. The van der Waals surface area contributed by atoms with Gasteiger partial charge in [0.05, 0.1) is 12.3 Å². The molecular weight excluding hydrogens is 474 g/mol. The van der Waals surface area contributed by atoms with Crippen molar-refractivity contribution in [2.24, 2.45) is 5.41 Å². The molecule has 0 unspecified atom stereocenters. The van der Waals surface area contributed by atoms with Crippen LogP contribution in [0.5, 0.6) is 0 Å². The lowest BCUT2D eigenvalue weighted by Gasteiger charge is -2.42. The third-order valence-electron chi connectivity index (χ3n) is 9.15. The number of hydrogen-bond acceptors (Lipinski definition) is 3. The van der Waals surface area contributed by atoms with Crippen LogP contribution in [-0.2, 0) is 10.2 Å². The maximum absolute atomic E-state index is 13.1. The summed E-state index contributed by atoms with van der Waals surface area (Å²) in [5.41, 5.74) is 5.50. The van der Waals surface area contributed by atoms with Crippen molar-refractivity contribution in [1.82, 2.24) is 15.2 Å². The molecule has 7 nitrogen and oxygen atoms in total. The van der Waals surface area contributed by atoms with Crippen LogP contribution in [0, 0.1) is 12.0 Å². The number of aromatic nitrogens is 1. The highest BCUT2D eigenvalue weighted by atomic mass is 16.2. The molecule has 2 amide bonds. The van der Waals surface area contributed by atoms with Crippen LogP contribution in [0.2, 0.25) is 0 Å². The summed E-state index contributed by atoms with van der Waals surface area (Å²) in [4.78, 5) is 33.4. The summed E-state index contributed by atoms with van der Waals surface area (Å²) in [5.74, 6) is -0.114. The van der Waals surface area contributed by atoms with Gasteiger partial charge in [-0.25, -0.2) is 4.85 Å². The Morgan fingerprint density at radius 3 is 2.42 bits per heavy atom. The fraction of sp³-hybridized carbons (Fsp3) is 0.516. The molecule has 3 N–H and O–H groups in total. The third kappa shape index (κ3) is 5.56. The zero-order valence-corrected chi connectivity index (χ0v) is 23.2. The Kier molecular flexibility index (Phi) is 8.42. The topological polar surface area (TPSA) is 81.6 Å². The van der Waals surface area contributed by atoms with Gasteiger partial charge < -0.3 is 20.5 Å². The van der Waals surface area contributed by atoms with E-state index in [2.05, 4.69) is 52.5 Å². The zero-order chi connectivity index (χ0) is 27.3. The highest BCUT2D eigenvalue weighted by Gasteiger charge is 2.37. The normalized spacial score (nSPS) is 18.4. The van der Waals surface area contributed by atoms with Crippen molar-refractivity contribution < 1.29 is 9.59 Å². The van der Waals surface area contributed by atoms with E-state index in [0.29, 0.717) is 16.8 Å². The van der Waals surface area contributed by atoms with E-state index in [0.717, 1.165) is 63.0 Å². The monoisotopic (exact) mass is 515 g/mol. The summed E-state index contributed by atoms with van der Waals surface area (Å²) in [5, 5.41) is 6.53. The average Bonchev–Trinajstić information content (AvgIpc) is 3.43. The van der Waals surface area contributed by atoms with Gasteiger partial charge in [-0.05, 0) is 73.9 Å². The van der Waals surface area contributed by atoms with Crippen molar-refractivity contribution in [1.29, 1.82) is 0 Å². The SMILES string of the molecule is [C-]#[N+]c1c[nH]c(C(=O)Nc2ccc(C3(CNC)CCN(C(C)=O)CC3)cc2C2=CCC(CC)(CC)CC2)c1. The molecule has 0 radical (unpaired) electrons. The van der Waals surface area contributed by atoms with Crippen molar-refractivity contribution in [3.05, 3.63) is 64.8 Å². The number of piperidine rings is 1. The average molecular weight is 516 g/mol. The minimum absolute atomic E-state index is 0.0756. The van der Waals surface area contributed by atoms with Gasteiger partial charge in [-0.1, -0.05) is 38.8 Å². The van der Waals surface area contributed by atoms with Gasteiger partial charge >= 0.3 is 0 Å². The molecule has 1 aliphatic heterocycles. The van der Waals surface area contributed by atoms with Gasteiger partial charge in [0, 0.05) is 49.4 Å². The van der Waals surface area contributed by atoms with Crippen LogP contribution < -0.4 is 10.6 Å². The largest absolute Gasteiger partial charge is 0.368 e. The molecule has 1 aliphatic carbocycles. The lowest BCUT2D eigenvalue weighted by atomic mass is 9.69. The Morgan fingerprint density at radius 1 is 1.13 bits per heavy atom. The highest BCUT2D eigenvalue weighted by molar-refractivity contribution is 6.05. The first-order valence-electron chi connectivity index (χ1n) is 13.9. The summed E-state index contributed by atoms with van der Waals surface area (Å²) in [7, 11) is 1.99. The summed E-state index contributed by atoms with van der Waals surface area (Å²) in [6.07, 6.45) is 11.3. The molecule has 0 atom stereocenters. The number of aromatic amines is 1. The van der Waals surface area contributed by atoms with Gasteiger partial charge in [-0.3, -0.25) is 9.59 Å². The van der Waals surface area contributed by atoms with E-state index in [9.17, 15) is 9.59 Å². The molecule has 1 fully saturated rings. The molecule has 2 aliphatic rings. The molecule has 2 heterocycles. The van der Waals surface area contributed by atoms with Crippen molar-refractivity contribution in [3.63, 3.8) is 0 Å². The number of amides is 2. The van der Waals surface area contributed by atoms with Crippen LogP contribution in [0.3, 0.4) is 0 Å². The molecule has 0 saturated carbocycles. The molecule has 202 valence electrons. The molecular formula is C31H41N5O2. The first-order valence-corrected chi connectivity index (χ1v) is 13.9. The second-order valence-electron chi connectivity index (χ2n) is 11.1. The molecule has 2 aromatic rings. The quantitative estimate of drug-likeness (QED) is 0.361. The van der Waals surface area contributed by atoms with Crippen LogP contribution in [0.1, 0.15) is 87.3 Å². The molecule has 38 heavy (non-hydrogen) atoms. The van der Waals surface area contributed by atoms with Gasteiger partial charge in [0.1, 0.15) is 0 Å². The van der Waals surface area contributed by atoms with Crippen LogP contribution in [-0.4, -0.2) is 48.4 Å². The summed E-state index contributed by atoms with van der Waals surface area (Å²) in [6.45, 7) is 15.8. The lowest BCUT2D eigenvalue weighted by molar-refractivity contribution is -0.130. The zero-order valence-electron chi connectivity index (χ0n) is 23.2. The van der Waals surface area contributed by atoms with Gasteiger partial charge in [0.2, 0.25) is 11.6 Å². The van der Waals surface area contributed by atoms with Gasteiger partial charge in [0.15, 0.2) is 0 Å². The Labute approximate surface area is 226 Å². The number of allylic oxidation sites excluding steroid dienone is 2. The predicted molar refractivity (Wildman–Crippen MR) is 153 cm³/mol. The number of nitrogens with one attached hydrogen (secondary N) is 3. The maximum Gasteiger partial charge on any atom is 0.270 e. The van der Waals surface area contributed by atoms with E-state index in [-0.39, 0.29) is 17.2 Å². The predicted octanol–water partition coefficient (Wildman–Crippen LogP) is 6.29. The van der Waals surface area contributed by atoms with Gasteiger partial charge in [0.25, 0.3) is 5.91 Å². The summed E-state index contributed by atoms with van der Waals surface area (Å²) in [6, 6.07) is 8.05. The van der Waals surface area contributed by atoms with Crippen LogP contribution in [0.25, 0.3) is 10.4 Å². The van der Waals surface area contributed by atoms with Gasteiger partial charge in [-0.2, -0.15) is 0 Å². The third-order valence-corrected chi connectivity index (χ3v) is 9.15. The molecule has 1 aromatic carbocycles. The second kappa shape index (κ2) is 11.6. The Morgan fingerprint density at radius 2 is 1.87 bits per heavy atom. The number of likely N-dealkylation sites (tertiary alicyclic amines) is 1. The fourth-order valence-corrected chi connectivity index (χ4v) is 6.25. The number of anilines is 1. The number of H-pyrrole nitrogens is 1. The minimum atomic E-state index is -0.249. The molecule has 0 bridgehead atoms. The molecule has 1 aromatic heterocycles. The first kappa shape index (κ1) is 27.7. The number of likely N-dealkylation sites (N-methyl/N-ethyl adjacent to an activating group) is 1. The van der Waals surface area contributed by atoms with E-state index < -0.39 is 0 Å². The smallest absolute Gasteiger partial charge is 0.270 e. The standard InChI is InChI=1S/C31H41N5O2/c1-6-30(7-2)12-10-23(11-13-30)26-18-24(31(21-32-4)14-16-36(17-15-31)22(3)37)8-9-27(26)35-29(38)28-19-25(33-5)20-34-28/h8-10,18-20,32,34H,6-7,11-17,21H2,1-4H3,(H,35,38). The number of nitrogens with zero attached hydrogens (tertiary/aromatic N) is 2. The van der Waals surface area contributed by atoms with Crippen molar-refractivity contribution in [2.45, 2.75) is 71.1 Å². The van der Waals surface area contributed by atoms with E-state index in [4.69, 9.17) is 6.57 Å². The number of benzene rings is 1. The lowest BCUT2D eigenvalue weighted by Crippen LogP contribution is -2.48. The summed E-state index contributed by atoms with van der Waals surface area (Å²) < 4.78 is 0. The molecule has 0 spiro atoms. The Balaban J connectivity index is 1.72. The van der Waals surface area contributed by atoms with Crippen molar-refractivity contribution in [2.75, 3.05) is 32.0 Å². The fourth-order valence-electron chi connectivity index (χ4n) is 6.25. The number of rotatable bonds is 8. The van der Waals surface area contributed by atoms with E-state index >= 15 is 0 Å². The maximum atomic E-state index is 13.1. The van der Waals surface area contributed by atoms with E-state index in [1.807, 2.05) is 18.0 Å². The number of carbonyl (C=O) groups excluding carboxylic acids is 2. The van der Waals surface area contributed by atoms with Crippen LogP contribution >= 0.6 is 0 Å². The number of hydrogen-bond donors (Lipinski definition) is 3. The Bertz CT molecular complexity index is 1240. The summed E-state index contributed by atoms with van der Waals surface area (Å²) >= 11 is 0. The molecule has 1 saturated heterocycles. The van der Waals surface area contributed by atoms with E-state index in [1.165, 1.54) is 24.0 Å².